The van der Waals surface area contributed by atoms with E-state index in [0.717, 1.165) is 20.8 Å². The molecule has 2 heterocycles. The molecule has 2 aromatic heterocycles. The van der Waals surface area contributed by atoms with Gasteiger partial charge in [0.05, 0.1) is 28.0 Å². The van der Waals surface area contributed by atoms with Crippen LogP contribution >= 0.6 is 22.7 Å². The number of carbonyl (C=O) groups excluding carboxylic acids is 1. The van der Waals surface area contributed by atoms with Crippen LogP contribution in [0, 0.1) is 0 Å². The van der Waals surface area contributed by atoms with Crippen LogP contribution in [-0.2, 0) is 14.6 Å². The number of sulfone groups is 1. The van der Waals surface area contributed by atoms with Crippen LogP contribution < -0.4 is 10.1 Å². The van der Waals surface area contributed by atoms with Crippen molar-refractivity contribution >= 4 is 53.6 Å². The van der Waals surface area contributed by atoms with Gasteiger partial charge in [0.2, 0.25) is 5.91 Å². The van der Waals surface area contributed by atoms with E-state index in [0.29, 0.717) is 10.8 Å². The highest BCUT2D eigenvalue weighted by Gasteiger charge is 2.18. The predicted molar refractivity (Wildman–Crippen MR) is 121 cm³/mol. The summed E-state index contributed by atoms with van der Waals surface area (Å²) in [5.74, 6) is -0.0452. The van der Waals surface area contributed by atoms with Crippen molar-refractivity contribution in [3.05, 3.63) is 60.0 Å². The fraction of sp³-hybridized carbons (Fsp3) is 0.143. The molecule has 4 aromatic rings. The van der Waals surface area contributed by atoms with Gasteiger partial charge in [-0.25, -0.2) is 13.4 Å². The Labute approximate surface area is 182 Å². The van der Waals surface area contributed by atoms with Gasteiger partial charge in [0.1, 0.15) is 15.8 Å². The molecular formula is C21H18N2O4S3. The standard InChI is InChI=1S/C21H18N2O4S3/c1-27-14-6-8-15(9-7-14)30(25,26)13-11-19(24)23-20-16(10-12-28-20)21-22-17-4-2-3-5-18(17)29-21/h2-10,12H,11,13H2,1H3,(H,23,24). The maximum atomic E-state index is 12.5. The number of nitrogens with one attached hydrogen (secondary N) is 1. The number of thiophene rings is 1. The highest BCUT2D eigenvalue weighted by atomic mass is 32.2. The molecule has 9 heteroatoms. The Hall–Kier alpha value is -2.75. The first-order valence-electron chi connectivity index (χ1n) is 9.06. The van der Waals surface area contributed by atoms with Gasteiger partial charge in [0.15, 0.2) is 9.84 Å². The van der Waals surface area contributed by atoms with Crippen molar-refractivity contribution < 1.29 is 17.9 Å². The number of hydrogen-bond acceptors (Lipinski definition) is 7. The molecule has 6 nitrogen and oxygen atoms in total. The topological polar surface area (TPSA) is 85.4 Å². The van der Waals surface area contributed by atoms with Crippen LogP contribution in [0.2, 0.25) is 0 Å². The Kier molecular flexibility index (Phi) is 5.85. The third-order valence-corrected chi connectivity index (χ3v) is 8.09. The summed E-state index contributed by atoms with van der Waals surface area (Å²) in [6.45, 7) is 0. The van der Waals surface area contributed by atoms with Crippen LogP contribution in [0.15, 0.2) is 64.9 Å². The van der Waals surface area contributed by atoms with Crippen LogP contribution in [0.25, 0.3) is 20.8 Å². The fourth-order valence-electron chi connectivity index (χ4n) is 2.88. The SMILES string of the molecule is COc1ccc(S(=O)(=O)CCC(=O)Nc2sccc2-c2nc3ccccc3s2)cc1. The van der Waals surface area contributed by atoms with Gasteiger partial charge in [-0.05, 0) is 47.8 Å². The molecule has 2 aromatic carbocycles. The van der Waals surface area contributed by atoms with Crippen molar-refractivity contribution in [2.45, 2.75) is 11.3 Å². The van der Waals surface area contributed by atoms with Crippen LogP contribution in [0.5, 0.6) is 5.75 Å². The number of methoxy groups -OCH3 is 1. The number of carbonyl (C=O) groups is 1. The smallest absolute Gasteiger partial charge is 0.226 e. The third-order valence-electron chi connectivity index (χ3n) is 4.46. The second-order valence-corrected chi connectivity index (χ2v) is 10.5. The molecule has 0 radical (unpaired) electrons. The van der Waals surface area contributed by atoms with E-state index < -0.39 is 9.84 Å². The Bertz CT molecular complexity index is 1260. The summed E-state index contributed by atoms with van der Waals surface area (Å²) in [4.78, 5) is 17.2. The number of hydrogen-bond donors (Lipinski definition) is 1. The van der Waals surface area contributed by atoms with E-state index in [-0.39, 0.29) is 23.0 Å². The van der Waals surface area contributed by atoms with Gasteiger partial charge in [0.25, 0.3) is 0 Å². The van der Waals surface area contributed by atoms with Crippen LogP contribution in [-0.4, -0.2) is 32.2 Å². The lowest BCUT2D eigenvalue weighted by Crippen LogP contribution is -2.17. The Balaban J connectivity index is 1.44. The van der Waals surface area contributed by atoms with Crippen LogP contribution in [0.3, 0.4) is 0 Å². The summed E-state index contributed by atoms with van der Waals surface area (Å²) < 4.78 is 31.1. The molecule has 1 amide bonds. The lowest BCUT2D eigenvalue weighted by molar-refractivity contribution is -0.115. The molecule has 0 aliphatic heterocycles. The quantitative estimate of drug-likeness (QED) is 0.428. The molecule has 0 fully saturated rings. The molecule has 0 bridgehead atoms. The van der Waals surface area contributed by atoms with Crippen molar-refractivity contribution in [1.82, 2.24) is 4.98 Å². The Morgan fingerprint density at radius 1 is 1.10 bits per heavy atom. The van der Waals surface area contributed by atoms with Gasteiger partial charge in [0, 0.05) is 12.0 Å². The third kappa shape index (κ3) is 4.38. The molecule has 0 aliphatic rings. The largest absolute Gasteiger partial charge is 0.497 e. The summed E-state index contributed by atoms with van der Waals surface area (Å²) in [6.07, 6.45) is -0.133. The number of anilines is 1. The monoisotopic (exact) mass is 458 g/mol. The van der Waals surface area contributed by atoms with Crippen molar-refractivity contribution in [3.8, 4) is 16.3 Å². The molecule has 1 N–H and O–H groups in total. The molecule has 0 saturated carbocycles. The van der Waals surface area contributed by atoms with Crippen molar-refractivity contribution in [2.24, 2.45) is 0 Å². The van der Waals surface area contributed by atoms with Gasteiger partial charge in [-0.2, -0.15) is 0 Å². The molecule has 0 atom stereocenters. The molecule has 0 saturated heterocycles. The average Bonchev–Trinajstić information content (AvgIpc) is 3.38. The Morgan fingerprint density at radius 2 is 1.87 bits per heavy atom. The lowest BCUT2D eigenvalue weighted by atomic mass is 10.3. The average molecular weight is 459 g/mol. The van der Waals surface area contributed by atoms with E-state index in [1.165, 1.54) is 30.6 Å². The fourth-order valence-corrected chi connectivity index (χ4v) is 5.99. The van der Waals surface area contributed by atoms with Gasteiger partial charge >= 0.3 is 0 Å². The summed E-state index contributed by atoms with van der Waals surface area (Å²) in [5, 5.41) is 6.20. The molecule has 0 unspecified atom stereocenters. The highest BCUT2D eigenvalue weighted by Crippen LogP contribution is 2.37. The minimum atomic E-state index is -3.56. The van der Waals surface area contributed by atoms with E-state index in [2.05, 4.69) is 10.3 Å². The number of rotatable bonds is 7. The number of ether oxygens (including phenoxy) is 1. The summed E-state index contributed by atoms with van der Waals surface area (Å²) in [6, 6.07) is 15.9. The molecule has 4 rings (SSSR count). The second-order valence-electron chi connectivity index (χ2n) is 6.44. The minimum absolute atomic E-state index is 0.133. The molecule has 30 heavy (non-hydrogen) atoms. The number of aromatic nitrogens is 1. The zero-order valence-electron chi connectivity index (χ0n) is 16.0. The zero-order valence-corrected chi connectivity index (χ0v) is 18.4. The predicted octanol–water partition coefficient (Wildman–Crippen LogP) is 4.84. The van der Waals surface area contributed by atoms with Gasteiger partial charge in [-0.3, -0.25) is 4.79 Å². The molecular weight excluding hydrogens is 440 g/mol. The van der Waals surface area contributed by atoms with Gasteiger partial charge in [-0.1, -0.05) is 12.1 Å². The van der Waals surface area contributed by atoms with Crippen molar-refractivity contribution in [3.63, 3.8) is 0 Å². The first-order chi connectivity index (χ1) is 14.5. The highest BCUT2D eigenvalue weighted by molar-refractivity contribution is 7.91. The summed E-state index contributed by atoms with van der Waals surface area (Å²) in [7, 11) is -2.05. The summed E-state index contributed by atoms with van der Waals surface area (Å²) in [5.41, 5.74) is 1.75. The first kappa shape index (κ1) is 20.5. The number of thiazole rings is 1. The Morgan fingerprint density at radius 3 is 2.60 bits per heavy atom. The zero-order chi connectivity index (χ0) is 21.1. The molecule has 154 valence electrons. The van der Waals surface area contributed by atoms with E-state index in [9.17, 15) is 13.2 Å². The lowest BCUT2D eigenvalue weighted by Gasteiger charge is -2.07. The number of amides is 1. The maximum absolute atomic E-state index is 12.5. The van der Waals surface area contributed by atoms with E-state index >= 15 is 0 Å². The molecule has 0 spiro atoms. The van der Waals surface area contributed by atoms with Gasteiger partial charge < -0.3 is 10.1 Å². The van der Waals surface area contributed by atoms with E-state index in [4.69, 9.17) is 4.74 Å². The van der Waals surface area contributed by atoms with E-state index in [1.807, 2.05) is 35.7 Å². The van der Waals surface area contributed by atoms with E-state index in [1.54, 1.807) is 23.5 Å². The van der Waals surface area contributed by atoms with Crippen LogP contribution in [0.4, 0.5) is 5.00 Å². The minimum Gasteiger partial charge on any atom is -0.497 e. The first-order valence-corrected chi connectivity index (χ1v) is 12.4. The number of benzene rings is 2. The number of para-hydroxylation sites is 1. The molecule has 0 aliphatic carbocycles. The number of fused-ring (bicyclic) bond motifs is 1. The number of nitrogens with zero attached hydrogens (tertiary/aromatic N) is 1. The van der Waals surface area contributed by atoms with Crippen molar-refractivity contribution in [1.29, 1.82) is 0 Å². The van der Waals surface area contributed by atoms with Gasteiger partial charge in [-0.15, -0.1) is 22.7 Å². The normalized spacial score (nSPS) is 11.5. The van der Waals surface area contributed by atoms with Crippen molar-refractivity contribution in [2.75, 3.05) is 18.2 Å². The second kappa shape index (κ2) is 8.55. The maximum Gasteiger partial charge on any atom is 0.226 e. The summed E-state index contributed by atoms with van der Waals surface area (Å²) >= 11 is 2.94. The van der Waals surface area contributed by atoms with Crippen LogP contribution in [0.1, 0.15) is 6.42 Å².